The fraction of sp³-hybridized carbons (Fsp3) is 0.351. The second-order valence-electron chi connectivity index (χ2n) is 12.6. The minimum Gasteiger partial charge on any atom is -0.492 e. The number of ether oxygens (including phenoxy) is 2. The maximum atomic E-state index is 14.0. The maximum absolute atomic E-state index is 14.0. The molecule has 0 bridgehead atoms. The smallest absolute Gasteiger partial charge is 0.230 e. The van der Waals surface area contributed by atoms with Gasteiger partial charge in [-0.1, -0.05) is 38.6 Å². The minimum absolute atomic E-state index is 0.117. The molecule has 0 spiro atoms. The van der Waals surface area contributed by atoms with Crippen molar-refractivity contribution in [3.8, 4) is 28.8 Å². The summed E-state index contributed by atoms with van der Waals surface area (Å²) in [5, 5.41) is 17.2. The van der Waals surface area contributed by atoms with E-state index in [1.54, 1.807) is 0 Å². The summed E-state index contributed by atoms with van der Waals surface area (Å²) in [5.74, 6) is 1.36. The average Bonchev–Trinajstić information content (AvgIpc) is 3.47. The number of hydrogen-bond donors (Lipinski definition) is 3. The van der Waals surface area contributed by atoms with Gasteiger partial charge < -0.3 is 30.0 Å². The van der Waals surface area contributed by atoms with Gasteiger partial charge in [0.15, 0.2) is 0 Å². The van der Waals surface area contributed by atoms with Gasteiger partial charge in [0.05, 0.1) is 23.2 Å². The van der Waals surface area contributed by atoms with Crippen LogP contribution in [-0.4, -0.2) is 53.7 Å². The lowest BCUT2D eigenvalue weighted by atomic mass is 9.86. The highest BCUT2D eigenvalue weighted by Gasteiger charge is 2.38. The second kappa shape index (κ2) is 12.7. The molecule has 6 rings (SSSR count). The Labute approximate surface area is 265 Å². The minimum atomic E-state index is -0.433. The fourth-order valence-electron chi connectivity index (χ4n) is 6.33. The van der Waals surface area contributed by atoms with Crippen LogP contribution < -0.4 is 20.1 Å². The van der Waals surface area contributed by atoms with E-state index in [2.05, 4.69) is 49.0 Å². The summed E-state index contributed by atoms with van der Waals surface area (Å²) in [5.41, 5.74) is 5.69. The van der Waals surface area contributed by atoms with Gasteiger partial charge >= 0.3 is 0 Å². The van der Waals surface area contributed by atoms with Crippen molar-refractivity contribution in [2.75, 3.05) is 31.6 Å². The summed E-state index contributed by atoms with van der Waals surface area (Å²) in [4.78, 5) is 19.4. The van der Waals surface area contributed by atoms with Crippen LogP contribution in [0.3, 0.4) is 0 Å². The highest BCUT2D eigenvalue weighted by Crippen LogP contribution is 2.41. The largest absolute Gasteiger partial charge is 0.492 e. The van der Waals surface area contributed by atoms with Crippen molar-refractivity contribution in [3.63, 3.8) is 0 Å². The van der Waals surface area contributed by atoms with Gasteiger partial charge in [0, 0.05) is 72.8 Å². The SMILES string of the molecule is C=C1C[C@H](C(=O)N2CCC(C)(Oc3ccccc3-c3cc4c(C#N)cccc4[nH]3)CC2)c2cc(OCCNC(C)C)ccc2N1. The molecular formula is C37H41N5O3. The predicted molar refractivity (Wildman–Crippen MR) is 178 cm³/mol. The Kier molecular flexibility index (Phi) is 8.55. The number of nitrogens with one attached hydrogen (secondary N) is 3. The van der Waals surface area contributed by atoms with Crippen LogP contribution in [0.2, 0.25) is 0 Å². The van der Waals surface area contributed by atoms with E-state index >= 15 is 0 Å². The molecule has 0 unspecified atom stereocenters. The zero-order valence-corrected chi connectivity index (χ0v) is 26.3. The first-order valence-electron chi connectivity index (χ1n) is 15.8. The van der Waals surface area contributed by atoms with Crippen molar-refractivity contribution < 1.29 is 14.3 Å². The summed E-state index contributed by atoms with van der Waals surface area (Å²) in [6.07, 6.45) is 1.98. The Bertz CT molecular complexity index is 1760. The molecule has 1 fully saturated rings. The molecule has 8 heteroatoms. The number of carbonyl (C=O) groups is 1. The third-order valence-corrected chi connectivity index (χ3v) is 8.83. The van der Waals surface area contributed by atoms with Gasteiger partial charge in [0.2, 0.25) is 5.91 Å². The van der Waals surface area contributed by atoms with Gasteiger partial charge in [-0.3, -0.25) is 4.79 Å². The van der Waals surface area contributed by atoms with Gasteiger partial charge in [0.25, 0.3) is 0 Å². The van der Waals surface area contributed by atoms with Gasteiger partial charge in [-0.2, -0.15) is 5.26 Å². The molecule has 3 heterocycles. The van der Waals surface area contributed by atoms with Crippen molar-refractivity contribution in [3.05, 3.63) is 90.1 Å². The van der Waals surface area contributed by atoms with Crippen molar-refractivity contribution in [1.82, 2.24) is 15.2 Å². The number of allylic oxidation sites excluding steroid dienone is 1. The summed E-state index contributed by atoms with van der Waals surface area (Å²) in [6, 6.07) is 24.3. The highest BCUT2D eigenvalue weighted by atomic mass is 16.5. The number of aromatic nitrogens is 1. The number of nitrogens with zero attached hydrogens (tertiary/aromatic N) is 2. The number of benzene rings is 3. The monoisotopic (exact) mass is 603 g/mol. The number of rotatable bonds is 9. The lowest BCUT2D eigenvalue weighted by Crippen LogP contribution is -2.49. The van der Waals surface area contributed by atoms with Gasteiger partial charge in [-0.15, -0.1) is 0 Å². The summed E-state index contributed by atoms with van der Waals surface area (Å²) < 4.78 is 12.7. The van der Waals surface area contributed by atoms with E-state index < -0.39 is 5.60 Å². The number of anilines is 1. The molecule has 1 aromatic heterocycles. The normalized spacial score (nSPS) is 17.4. The molecule has 1 amide bonds. The Morgan fingerprint density at radius 3 is 2.71 bits per heavy atom. The quantitative estimate of drug-likeness (QED) is 0.179. The molecule has 0 aliphatic carbocycles. The van der Waals surface area contributed by atoms with Gasteiger partial charge in [-0.05, 0) is 61.0 Å². The summed E-state index contributed by atoms with van der Waals surface area (Å²) >= 11 is 0. The number of carbonyl (C=O) groups excluding carboxylic acids is 1. The van der Waals surface area contributed by atoms with Crippen LogP contribution >= 0.6 is 0 Å². The zero-order valence-electron chi connectivity index (χ0n) is 26.3. The number of nitriles is 1. The Morgan fingerprint density at radius 2 is 1.93 bits per heavy atom. The van der Waals surface area contributed by atoms with Crippen molar-refractivity contribution in [2.45, 2.75) is 57.6 Å². The molecule has 1 saturated heterocycles. The third kappa shape index (κ3) is 6.54. The molecule has 232 valence electrons. The Hall–Kier alpha value is -4.74. The number of fused-ring (bicyclic) bond motifs is 2. The van der Waals surface area contributed by atoms with Gasteiger partial charge in [0.1, 0.15) is 23.7 Å². The molecule has 2 aliphatic rings. The number of para-hydroxylation sites is 1. The molecule has 3 aromatic carbocycles. The van der Waals surface area contributed by atoms with E-state index in [0.717, 1.165) is 57.2 Å². The van der Waals surface area contributed by atoms with E-state index in [0.29, 0.717) is 50.6 Å². The first kappa shape index (κ1) is 30.3. The summed E-state index contributed by atoms with van der Waals surface area (Å²) in [7, 11) is 0. The summed E-state index contributed by atoms with van der Waals surface area (Å²) in [6.45, 7) is 13.0. The van der Waals surface area contributed by atoms with E-state index in [9.17, 15) is 10.1 Å². The molecule has 0 radical (unpaired) electrons. The maximum Gasteiger partial charge on any atom is 0.230 e. The second-order valence-corrected chi connectivity index (χ2v) is 12.6. The molecule has 0 saturated carbocycles. The Morgan fingerprint density at radius 1 is 1.13 bits per heavy atom. The number of piperidine rings is 1. The van der Waals surface area contributed by atoms with Crippen LogP contribution in [0.25, 0.3) is 22.2 Å². The highest BCUT2D eigenvalue weighted by molar-refractivity contribution is 5.91. The standard InChI is InChI=1S/C37H41N5O3/c1-24(2)39-16-19-44-27-12-13-33-30(21-27)31(20-25(3)40-33)36(43)42-17-14-37(4,15-18-42)45-35-11-6-5-9-28(35)34-22-29-26(23-38)8-7-10-32(29)41-34/h5-13,21-22,24,31,39-41H,3,14-20H2,1-2,4H3/t31-/m0/s1. The molecule has 1 atom stereocenters. The van der Waals surface area contributed by atoms with Crippen molar-refractivity contribution in [2.24, 2.45) is 0 Å². The Balaban J connectivity index is 1.14. The molecule has 3 N–H and O–H groups in total. The van der Waals surface area contributed by atoms with Crippen molar-refractivity contribution >= 4 is 22.5 Å². The third-order valence-electron chi connectivity index (χ3n) is 8.83. The van der Waals surface area contributed by atoms with E-state index in [4.69, 9.17) is 9.47 Å². The lowest BCUT2D eigenvalue weighted by Gasteiger charge is -2.41. The fourth-order valence-corrected chi connectivity index (χ4v) is 6.33. The van der Waals surface area contributed by atoms with Crippen LogP contribution in [0, 0.1) is 11.3 Å². The van der Waals surface area contributed by atoms with Crippen LogP contribution in [0.4, 0.5) is 5.69 Å². The first-order chi connectivity index (χ1) is 21.7. The number of aromatic amines is 1. The van der Waals surface area contributed by atoms with E-state index in [1.165, 1.54) is 0 Å². The molecular weight excluding hydrogens is 562 g/mol. The van der Waals surface area contributed by atoms with E-state index in [1.807, 2.05) is 71.6 Å². The number of hydrogen-bond acceptors (Lipinski definition) is 6. The lowest BCUT2D eigenvalue weighted by molar-refractivity contribution is -0.136. The molecule has 8 nitrogen and oxygen atoms in total. The number of amides is 1. The molecule has 4 aromatic rings. The number of H-pyrrole nitrogens is 1. The topological polar surface area (TPSA) is 102 Å². The van der Waals surface area contributed by atoms with Crippen LogP contribution in [0.1, 0.15) is 57.1 Å². The first-order valence-corrected chi connectivity index (χ1v) is 15.8. The molecule has 45 heavy (non-hydrogen) atoms. The van der Waals surface area contributed by atoms with E-state index in [-0.39, 0.29) is 11.8 Å². The number of likely N-dealkylation sites (tertiary alicyclic amines) is 1. The van der Waals surface area contributed by atoms with Crippen LogP contribution in [-0.2, 0) is 4.79 Å². The van der Waals surface area contributed by atoms with Gasteiger partial charge in [-0.25, -0.2) is 0 Å². The van der Waals surface area contributed by atoms with Crippen molar-refractivity contribution in [1.29, 1.82) is 5.26 Å². The van der Waals surface area contributed by atoms with Crippen LogP contribution in [0.15, 0.2) is 79.0 Å². The predicted octanol–water partition coefficient (Wildman–Crippen LogP) is 6.96. The zero-order chi connectivity index (χ0) is 31.6. The molecule has 2 aliphatic heterocycles. The van der Waals surface area contributed by atoms with Crippen LogP contribution in [0.5, 0.6) is 11.5 Å². The average molecular weight is 604 g/mol.